The third-order valence-electron chi connectivity index (χ3n) is 4.47. The van der Waals surface area contributed by atoms with E-state index in [9.17, 15) is 4.79 Å². The zero-order chi connectivity index (χ0) is 20.8. The summed E-state index contributed by atoms with van der Waals surface area (Å²) in [5.74, 6) is 1.02. The van der Waals surface area contributed by atoms with Crippen LogP contribution in [0.3, 0.4) is 0 Å². The van der Waals surface area contributed by atoms with Gasteiger partial charge in [-0.25, -0.2) is 0 Å². The van der Waals surface area contributed by atoms with Crippen LogP contribution in [0.2, 0.25) is 0 Å². The molecule has 0 saturated heterocycles. The number of H-pyrrole nitrogens is 1. The average Bonchev–Trinajstić information content (AvgIpc) is 3.40. The smallest absolute Gasteiger partial charge is 0.230 e. The predicted octanol–water partition coefficient (Wildman–Crippen LogP) is 4.22. The summed E-state index contributed by atoms with van der Waals surface area (Å²) >= 11 is 2.78. The van der Waals surface area contributed by atoms with Gasteiger partial charge in [0, 0.05) is 23.6 Å². The molecule has 3 N–H and O–H groups in total. The molecule has 2 heterocycles. The lowest BCUT2D eigenvalue weighted by molar-refractivity contribution is -0.118. The van der Waals surface area contributed by atoms with Gasteiger partial charge in [-0.15, -0.1) is 10.2 Å². The third-order valence-corrected chi connectivity index (χ3v) is 6.45. The van der Waals surface area contributed by atoms with E-state index in [1.165, 1.54) is 34.0 Å². The van der Waals surface area contributed by atoms with E-state index in [1.807, 2.05) is 48.7 Å². The number of anilines is 2. The largest absolute Gasteiger partial charge is 0.495 e. The van der Waals surface area contributed by atoms with Gasteiger partial charge in [-0.1, -0.05) is 53.4 Å². The number of fused-ring (bicyclic) bond motifs is 1. The van der Waals surface area contributed by atoms with Gasteiger partial charge in [-0.3, -0.25) is 4.79 Å². The first-order chi connectivity index (χ1) is 14.7. The molecule has 0 saturated carbocycles. The fourth-order valence-electron chi connectivity index (χ4n) is 3.04. The lowest BCUT2D eigenvalue weighted by Crippen LogP contribution is -2.27. The molecule has 9 heteroatoms. The first-order valence-corrected chi connectivity index (χ1v) is 11.2. The number of thioether (sulfide) groups is 1. The molecule has 4 aromatic rings. The highest BCUT2D eigenvalue weighted by atomic mass is 32.2. The van der Waals surface area contributed by atoms with Crippen molar-refractivity contribution in [1.29, 1.82) is 0 Å². The summed E-state index contributed by atoms with van der Waals surface area (Å²) in [5.41, 5.74) is 3.14. The van der Waals surface area contributed by atoms with Crippen molar-refractivity contribution < 1.29 is 9.53 Å². The summed E-state index contributed by atoms with van der Waals surface area (Å²) in [7, 11) is 1.62. The van der Waals surface area contributed by atoms with Crippen LogP contribution < -0.4 is 15.4 Å². The number of benzene rings is 2. The van der Waals surface area contributed by atoms with E-state index in [-0.39, 0.29) is 5.91 Å². The van der Waals surface area contributed by atoms with Gasteiger partial charge >= 0.3 is 0 Å². The number of ether oxygens (including phenoxy) is 1. The monoisotopic (exact) mass is 439 g/mol. The van der Waals surface area contributed by atoms with Gasteiger partial charge in [0.25, 0.3) is 0 Å². The Balaban J connectivity index is 1.23. The van der Waals surface area contributed by atoms with Gasteiger partial charge < -0.3 is 20.4 Å². The molecule has 7 nitrogen and oxygen atoms in total. The van der Waals surface area contributed by atoms with Gasteiger partial charge in [0.2, 0.25) is 11.0 Å². The third kappa shape index (κ3) is 4.92. The Kier molecular flexibility index (Phi) is 6.50. The van der Waals surface area contributed by atoms with Crippen LogP contribution in [0.25, 0.3) is 10.9 Å². The van der Waals surface area contributed by atoms with Gasteiger partial charge in [-0.2, -0.15) is 0 Å². The summed E-state index contributed by atoms with van der Waals surface area (Å²) in [6, 6.07) is 15.8. The van der Waals surface area contributed by atoms with Crippen molar-refractivity contribution in [2.45, 2.75) is 10.8 Å². The van der Waals surface area contributed by atoms with Crippen LogP contribution in [0.1, 0.15) is 5.56 Å². The SMILES string of the molecule is COc1ccccc1Nc1nnc(SCC(=O)NCCc2c[nH]c3ccccc23)s1. The van der Waals surface area contributed by atoms with Gasteiger partial charge in [0.1, 0.15) is 5.75 Å². The second-order valence-electron chi connectivity index (χ2n) is 6.45. The number of hydrogen-bond acceptors (Lipinski definition) is 7. The van der Waals surface area contributed by atoms with Crippen LogP contribution in [0.4, 0.5) is 10.8 Å². The van der Waals surface area contributed by atoms with Crippen molar-refractivity contribution in [3.63, 3.8) is 0 Å². The van der Waals surface area contributed by atoms with E-state index < -0.39 is 0 Å². The summed E-state index contributed by atoms with van der Waals surface area (Å²) in [6.07, 6.45) is 2.79. The van der Waals surface area contributed by atoms with E-state index in [1.54, 1.807) is 7.11 Å². The molecule has 0 spiro atoms. The number of carbonyl (C=O) groups is 1. The quantitative estimate of drug-likeness (QED) is 0.338. The molecule has 1 amide bonds. The minimum Gasteiger partial charge on any atom is -0.495 e. The maximum Gasteiger partial charge on any atom is 0.230 e. The second-order valence-corrected chi connectivity index (χ2v) is 8.65. The molecule has 0 radical (unpaired) electrons. The summed E-state index contributed by atoms with van der Waals surface area (Å²) in [6.45, 7) is 0.595. The van der Waals surface area contributed by atoms with Crippen LogP contribution in [0.5, 0.6) is 5.75 Å². The second kappa shape index (κ2) is 9.64. The Bertz CT molecular complexity index is 1140. The van der Waals surface area contributed by atoms with Crippen molar-refractivity contribution in [2.24, 2.45) is 0 Å². The molecule has 30 heavy (non-hydrogen) atoms. The van der Waals surface area contributed by atoms with Crippen molar-refractivity contribution in [1.82, 2.24) is 20.5 Å². The number of aromatic amines is 1. The number of para-hydroxylation sites is 3. The molecule has 0 unspecified atom stereocenters. The van der Waals surface area contributed by atoms with Crippen molar-refractivity contribution in [3.8, 4) is 5.75 Å². The fourth-order valence-corrected chi connectivity index (χ4v) is 4.63. The Morgan fingerprint density at radius 3 is 2.90 bits per heavy atom. The number of amides is 1. The highest BCUT2D eigenvalue weighted by Crippen LogP contribution is 2.31. The van der Waals surface area contributed by atoms with Crippen molar-refractivity contribution in [2.75, 3.05) is 24.7 Å². The van der Waals surface area contributed by atoms with E-state index in [0.717, 1.165) is 27.7 Å². The molecule has 2 aromatic carbocycles. The van der Waals surface area contributed by atoms with E-state index >= 15 is 0 Å². The Labute approximate surface area is 182 Å². The van der Waals surface area contributed by atoms with Crippen LogP contribution in [-0.4, -0.2) is 40.5 Å². The Hall–Kier alpha value is -3.04. The fraction of sp³-hybridized carbons (Fsp3) is 0.190. The van der Waals surface area contributed by atoms with E-state index in [0.29, 0.717) is 17.4 Å². The highest BCUT2D eigenvalue weighted by Gasteiger charge is 2.10. The summed E-state index contributed by atoms with van der Waals surface area (Å²) in [4.78, 5) is 15.4. The zero-order valence-corrected chi connectivity index (χ0v) is 18.0. The molecular weight excluding hydrogens is 418 g/mol. The van der Waals surface area contributed by atoms with Crippen molar-refractivity contribution >= 4 is 50.7 Å². The van der Waals surface area contributed by atoms with Gasteiger partial charge in [-0.05, 0) is 30.2 Å². The first-order valence-electron chi connectivity index (χ1n) is 9.41. The molecule has 2 aromatic heterocycles. The van der Waals surface area contributed by atoms with Crippen LogP contribution in [0, 0.1) is 0 Å². The van der Waals surface area contributed by atoms with Crippen LogP contribution in [-0.2, 0) is 11.2 Å². The number of carbonyl (C=O) groups excluding carboxylic acids is 1. The number of aromatic nitrogens is 3. The van der Waals surface area contributed by atoms with Gasteiger partial charge in [0.15, 0.2) is 4.34 Å². The molecule has 0 fully saturated rings. The van der Waals surface area contributed by atoms with Crippen LogP contribution in [0.15, 0.2) is 59.1 Å². The van der Waals surface area contributed by atoms with E-state index in [4.69, 9.17) is 4.74 Å². The maximum atomic E-state index is 12.2. The number of nitrogens with one attached hydrogen (secondary N) is 3. The molecule has 4 rings (SSSR count). The number of nitrogens with zero attached hydrogens (tertiary/aromatic N) is 2. The Morgan fingerprint density at radius 1 is 1.17 bits per heavy atom. The lowest BCUT2D eigenvalue weighted by atomic mass is 10.1. The average molecular weight is 440 g/mol. The number of methoxy groups -OCH3 is 1. The van der Waals surface area contributed by atoms with Crippen LogP contribution >= 0.6 is 23.1 Å². The van der Waals surface area contributed by atoms with Gasteiger partial charge in [0.05, 0.1) is 18.6 Å². The predicted molar refractivity (Wildman–Crippen MR) is 122 cm³/mol. The van der Waals surface area contributed by atoms with Crippen molar-refractivity contribution in [3.05, 3.63) is 60.3 Å². The zero-order valence-electron chi connectivity index (χ0n) is 16.3. The molecule has 154 valence electrons. The first kappa shape index (κ1) is 20.2. The summed E-state index contributed by atoms with van der Waals surface area (Å²) in [5, 5.41) is 16.3. The standard InChI is InChI=1S/C21H21N5O2S2/c1-28-18-9-5-4-8-17(18)24-20-25-26-21(30-20)29-13-19(27)22-11-10-14-12-23-16-7-3-2-6-15(14)16/h2-9,12,23H,10-11,13H2,1H3,(H,22,27)(H,24,25). The van der Waals surface area contributed by atoms with E-state index in [2.05, 4.69) is 31.9 Å². The molecule has 0 aliphatic heterocycles. The number of hydrogen-bond donors (Lipinski definition) is 3. The molecule has 0 aliphatic rings. The Morgan fingerprint density at radius 2 is 2.00 bits per heavy atom. The summed E-state index contributed by atoms with van der Waals surface area (Å²) < 4.78 is 6.06. The normalized spacial score (nSPS) is 10.8. The molecule has 0 bridgehead atoms. The molecule has 0 atom stereocenters. The number of rotatable bonds is 9. The lowest BCUT2D eigenvalue weighted by Gasteiger charge is -2.07. The maximum absolute atomic E-state index is 12.2. The molecule has 0 aliphatic carbocycles. The highest BCUT2D eigenvalue weighted by molar-refractivity contribution is 8.01. The minimum absolute atomic E-state index is 0.0192. The minimum atomic E-state index is -0.0192. The topological polar surface area (TPSA) is 91.9 Å². The molecular formula is C21H21N5O2S2.